The molecule has 0 amide bonds. The summed E-state index contributed by atoms with van der Waals surface area (Å²) in [6, 6.07) is 11.2. The topological polar surface area (TPSA) is 26.3 Å². The average molecular weight is 362 g/mol. The number of thioether (sulfide) groups is 1. The van der Waals surface area contributed by atoms with Crippen LogP contribution >= 0.6 is 11.8 Å². The summed E-state index contributed by atoms with van der Waals surface area (Å²) < 4.78 is 32.3. The summed E-state index contributed by atoms with van der Waals surface area (Å²) in [5.74, 6) is -2.28. The number of hydrogen-bond acceptors (Lipinski definition) is 3. The van der Waals surface area contributed by atoms with Crippen molar-refractivity contribution in [2.75, 3.05) is 6.61 Å². The van der Waals surface area contributed by atoms with Gasteiger partial charge in [0.25, 0.3) is 0 Å². The SMILES string of the molecule is CCOC(=O)C(Cc1ccc(F)cc1F)c1ccc(SC2CC2)cc1. The van der Waals surface area contributed by atoms with Gasteiger partial charge < -0.3 is 4.74 Å². The van der Waals surface area contributed by atoms with Crippen LogP contribution in [0.4, 0.5) is 8.78 Å². The Bertz CT molecular complexity index is 742. The minimum Gasteiger partial charge on any atom is -0.466 e. The first-order valence-electron chi connectivity index (χ1n) is 8.44. The van der Waals surface area contributed by atoms with Crippen molar-refractivity contribution in [1.29, 1.82) is 0 Å². The van der Waals surface area contributed by atoms with Gasteiger partial charge >= 0.3 is 5.97 Å². The van der Waals surface area contributed by atoms with E-state index in [1.807, 2.05) is 36.0 Å². The molecule has 1 fully saturated rings. The summed E-state index contributed by atoms with van der Waals surface area (Å²) >= 11 is 1.84. The predicted molar refractivity (Wildman–Crippen MR) is 94.8 cm³/mol. The van der Waals surface area contributed by atoms with Crippen LogP contribution in [0.5, 0.6) is 0 Å². The molecule has 1 aliphatic rings. The van der Waals surface area contributed by atoms with Crippen molar-refractivity contribution in [1.82, 2.24) is 0 Å². The number of benzene rings is 2. The van der Waals surface area contributed by atoms with Crippen LogP contribution in [0.25, 0.3) is 0 Å². The van der Waals surface area contributed by atoms with E-state index in [2.05, 4.69) is 0 Å². The van der Waals surface area contributed by atoms with Crippen molar-refractivity contribution in [3.05, 3.63) is 65.2 Å². The molecule has 25 heavy (non-hydrogen) atoms. The molecule has 2 aromatic carbocycles. The van der Waals surface area contributed by atoms with E-state index in [9.17, 15) is 13.6 Å². The fourth-order valence-electron chi connectivity index (χ4n) is 2.64. The normalized spacial score (nSPS) is 15.0. The molecular formula is C20H20F2O2S. The Morgan fingerprint density at radius 2 is 1.92 bits per heavy atom. The molecule has 0 spiro atoms. The third-order valence-corrected chi connectivity index (χ3v) is 5.47. The zero-order chi connectivity index (χ0) is 17.8. The van der Waals surface area contributed by atoms with Crippen LogP contribution < -0.4 is 0 Å². The third-order valence-electron chi connectivity index (χ3n) is 4.12. The van der Waals surface area contributed by atoms with Gasteiger partial charge in [-0.15, -0.1) is 11.8 Å². The van der Waals surface area contributed by atoms with E-state index in [-0.39, 0.29) is 13.0 Å². The van der Waals surface area contributed by atoms with Gasteiger partial charge in [-0.3, -0.25) is 4.79 Å². The molecule has 0 aromatic heterocycles. The molecule has 132 valence electrons. The second-order valence-electron chi connectivity index (χ2n) is 6.13. The maximum absolute atomic E-state index is 14.0. The molecule has 0 bridgehead atoms. The molecule has 0 aliphatic heterocycles. The molecule has 3 rings (SSSR count). The Kier molecular flexibility index (Phi) is 5.74. The highest BCUT2D eigenvalue weighted by atomic mass is 32.2. The first-order valence-corrected chi connectivity index (χ1v) is 9.32. The standard InChI is InChI=1S/C20H20F2O2S/c1-2-24-20(23)18(11-14-3-6-15(21)12-19(14)22)13-4-7-16(8-5-13)25-17-9-10-17/h3-8,12,17-18H,2,9-11H2,1H3. The van der Waals surface area contributed by atoms with Gasteiger partial charge in [0.2, 0.25) is 0 Å². The first kappa shape index (κ1) is 17.9. The molecule has 1 unspecified atom stereocenters. The lowest BCUT2D eigenvalue weighted by Crippen LogP contribution is -2.19. The number of ether oxygens (including phenoxy) is 1. The highest BCUT2D eigenvalue weighted by Gasteiger charge is 2.25. The Balaban J connectivity index is 1.81. The summed E-state index contributed by atoms with van der Waals surface area (Å²) in [6.07, 6.45) is 2.64. The fourth-order valence-corrected chi connectivity index (χ4v) is 3.69. The molecule has 0 heterocycles. The van der Waals surface area contributed by atoms with Gasteiger partial charge in [0.1, 0.15) is 11.6 Å². The smallest absolute Gasteiger partial charge is 0.313 e. The van der Waals surface area contributed by atoms with Crippen molar-refractivity contribution >= 4 is 17.7 Å². The number of rotatable bonds is 7. The first-order chi connectivity index (χ1) is 12.1. The van der Waals surface area contributed by atoms with Crippen LogP contribution in [0.1, 0.15) is 36.8 Å². The Morgan fingerprint density at radius 1 is 1.20 bits per heavy atom. The fraction of sp³-hybridized carbons (Fsp3) is 0.350. The van der Waals surface area contributed by atoms with Crippen LogP contribution in [-0.4, -0.2) is 17.8 Å². The largest absolute Gasteiger partial charge is 0.466 e. The summed E-state index contributed by atoms with van der Waals surface area (Å²) in [5, 5.41) is 0.708. The second-order valence-corrected chi connectivity index (χ2v) is 7.50. The molecule has 5 heteroatoms. The van der Waals surface area contributed by atoms with E-state index in [4.69, 9.17) is 4.74 Å². The number of hydrogen-bond donors (Lipinski definition) is 0. The van der Waals surface area contributed by atoms with Crippen LogP contribution in [0.3, 0.4) is 0 Å². The van der Waals surface area contributed by atoms with E-state index in [1.54, 1.807) is 6.92 Å². The number of esters is 1. The number of carbonyl (C=O) groups excluding carboxylic acids is 1. The summed E-state index contributed by atoms with van der Waals surface area (Å²) in [6.45, 7) is 2.00. The van der Waals surface area contributed by atoms with Crippen molar-refractivity contribution < 1.29 is 18.3 Å². The van der Waals surface area contributed by atoms with Gasteiger partial charge in [0.15, 0.2) is 0 Å². The molecule has 2 nitrogen and oxygen atoms in total. The number of carbonyl (C=O) groups is 1. The summed E-state index contributed by atoms with van der Waals surface area (Å²) in [4.78, 5) is 13.5. The summed E-state index contributed by atoms with van der Waals surface area (Å²) in [5.41, 5.74) is 1.08. The maximum atomic E-state index is 14.0. The van der Waals surface area contributed by atoms with Gasteiger partial charge in [-0.2, -0.15) is 0 Å². The molecular weight excluding hydrogens is 342 g/mol. The van der Waals surface area contributed by atoms with Gasteiger partial charge in [0, 0.05) is 16.2 Å². The molecule has 0 saturated heterocycles. The Morgan fingerprint density at radius 3 is 2.52 bits per heavy atom. The van der Waals surface area contributed by atoms with Gasteiger partial charge in [-0.05, 0) is 55.5 Å². The Labute approximate surface area is 150 Å². The van der Waals surface area contributed by atoms with Gasteiger partial charge in [0.05, 0.1) is 12.5 Å². The predicted octanol–water partition coefficient (Wildman–Crippen LogP) is 5.11. The summed E-state index contributed by atoms with van der Waals surface area (Å²) in [7, 11) is 0. The molecule has 1 aliphatic carbocycles. The van der Waals surface area contributed by atoms with Crippen molar-refractivity contribution in [3.8, 4) is 0 Å². The highest BCUT2D eigenvalue weighted by molar-refractivity contribution is 8.00. The minimum atomic E-state index is -0.643. The molecule has 1 atom stereocenters. The quantitative estimate of drug-likeness (QED) is 0.640. The van der Waals surface area contributed by atoms with E-state index in [0.717, 1.165) is 11.6 Å². The molecule has 0 N–H and O–H groups in total. The van der Waals surface area contributed by atoms with E-state index >= 15 is 0 Å². The van der Waals surface area contributed by atoms with E-state index in [0.29, 0.717) is 10.8 Å². The van der Waals surface area contributed by atoms with Gasteiger partial charge in [-0.1, -0.05) is 18.2 Å². The Hall–Kier alpha value is -1.88. The van der Waals surface area contributed by atoms with E-state index in [1.165, 1.54) is 29.9 Å². The average Bonchev–Trinajstić information content (AvgIpc) is 3.39. The van der Waals surface area contributed by atoms with Crippen molar-refractivity contribution in [2.45, 2.75) is 42.2 Å². The zero-order valence-electron chi connectivity index (χ0n) is 14.0. The lowest BCUT2D eigenvalue weighted by Gasteiger charge is -2.17. The molecule has 0 radical (unpaired) electrons. The lowest BCUT2D eigenvalue weighted by molar-refractivity contribution is -0.144. The van der Waals surface area contributed by atoms with Crippen LogP contribution in [0.2, 0.25) is 0 Å². The van der Waals surface area contributed by atoms with Crippen LogP contribution in [0.15, 0.2) is 47.4 Å². The highest BCUT2D eigenvalue weighted by Crippen LogP contribution is 2.39. The molecule has 1 saturated carbocycles. The zero-order valence-corrected chi connectivity index (χ0v) is 14.8. The van der Waals surface area contributed by atoms with Crippen molar-refractivity contribution in [2.24, 2.45) is 0 Å². The molecule has 2 aromatic rings. The third kappa shape index (κ3) is 4.82. The minimum absolute atomic E-state index is 0.139. The van der Waals surface area contributed by atoms with Crippen molar-refractivity contribution in [3.63, 3.8) is 0 Å². The number of halogens is 2. The monoisotopic (exact) mass is 362 g/mol. The second kappa shape index (κ2) is 8.00. The van der Waals surface area contributed by atoms with Crippen LogP contribution in [0, 0.1) is 11.6 Å². The van der Waals surface area contributed by atoms with Gasteiger partial charge in [-0.25, -0.2) is 8.78 Å². The van der Waals surface area contributed by atoms with Crippen LogP contribution in [-0.2, 0) is 16.0 Å². The maximum Gasteiger partial charge on any atom is 0.313 e. The lowest BCUT2D eigenvalue weighted by atomic mass is 9.92. The van der Waals surface area contributed by atoms with E-state index < -0.39 is 23.5 Å².